The highest BCUT2D eigenvalue weighted by molar-refractivity contribution is 9.10. The van der Waals surface area contributed by atoms with E-state index >= 15 is 0 Å². The smallest absolute Gasteiger partial charge is 0.171 e. The maximum absolute atomic E-state index is 4.60. The van der Waals surface area contributed by atoms with Crippen LogP contribution >= 0.6 is 15.9 Å². The number of anilines is 1. The average Bonchev–Trinajstić information content (AvgIpc) is 2.89. The van der Waals surface area contributed by atoms with E-state index in [0.717, 1.165) is 22.4 Å². The van der Waals surface area contributed by atoms with Gasteiger partial charge in [0, 0.05) is 12.2 Å². The first-order valence-electron chi connectivity index (χ1n) is 7.88. The lowest BCUT2D eigenvalue weighted by Gasteiger charge is -2.15. The van der Waals surface area contributed by atoms with Crippen molar-refractivity contribution in [3.8, 4) is 0 Å². The van der Waals surface area contributed by atoms with Crippen LogP contribution in [0.25, 0.3) is 5.65 Å². The van der Waals surface area contributed by atoms with Crippen molar-refractivity contribution in [1.29, 1.82) is 0 Å². The van der Waals surface area contributed by atoms with E-state index in [1.807, 2.05) is 12.3 Å². The van der Waals surface area contributed by atoms with E-state index in [9.17, 15) is 0 Å². The summed E-state index contributed by atoms with van der Waals surface area (Å²) in [6.45, 7) is 6.61. The number of benzene rings is 1. The molecule has 0 saturated carbocycles. The van der Waals surface area contributed by atoms with E-state index < -0.39 is 0 Å². The molecule has 0 aliphatic carbocycles. The minimum Gasteiger partial charge on any atom is -0.367 e. The first-order chi connectivity index (χ1) is 11.0. The molecule has 2 heterocycles. The van der Waals surface area contributed by atoms with Gasteiger partial charge in [-0.25, -0.2) is 9.50 Å². The Morgan fingerprint density at radius 2 is 1.87 bits per heavy atom. The van der Waals surface area contributed by atoms with Gasteiger partial charge in [0.2, 0.25) is 0 Å². The van der Waals surface area contributed by atoms with Gasteiger partial charge < -0.3 is 5.32 Å². The molecule has 1 atom stereocenters. The molecule has 5 heteroatoms. The Balaban J connectivity index is 1.67. The SMILES string of the molecule is CC(Cc1ccc(C(C)C)cc1)Nc1ccn2ncc(Br)c2n1. The largest absolute Gasteiger partial charge is 0.367 e. The van der Waals surface area contributed by atoms with Crippen molar-refractivity contribution in [3.63, 3.8) is 0 Å². The number of fused-ring (bicyclic) bond motifs is 1. The van der Waals surface area contributed by atoms with Crippen LogP contribution in [0.4, 0.5) is 5.82 Å². The summed E-state index contributed by atoms with van der Waals surface area (Å²) in [5.41, 5.74) is 3.54. The Morgan fingerprint density at radius 1 is 1.13 bits per heavy atom. The van der Waals surface area contributed by atoms with E-state index in [0.29, 0.717) is 12.0 Å². The summed E-state index contributed by atoms with van der Waals surface area (Å²) in [6.07, 6.45) is 4.64. The molecule has 3 aromatic rings. The van der Waals surface area contributed by atoms with Gasteiger partial charge in [-0.1, -0.05) is 38.1 Å². The molecule has 1 aromatic carbocycles. The lowest BCUT2D eigenvalue weighted by Crippen LogP contribution is -2.19. The van der Waals surface area contributed by atoms with Crippen LogP contribution in [0.15, 0.2) is 47.2 Å². The first-order valence-corrected chi connectivity index (χ1v) is 8.67. The summed E-state index contributed by atoms with van der Waals surface area (Å²) >= 11 is 3.47. The molecule has 0 radical (unpaired) electrons. The fraction of sp³-hybridized carbons (Fsp3) is 0.333. The normalized spacial score (nSPS) is 12.7. The van der Waals surface area contributed by atoms with Gasteiger partial charge in [-0.3, -0.25) is 0 Å². The van der Waals surface area contributed by atoms with E-state index in [1.54, 1.807) is 10.7 Å². The van der Waals surface area contributed by atoms with Crippen molar-refractivity contribution < 1.29 is 0 Å². The number of rotatable bonds is 5. The van der Waals surface area contributed by atoms with Gasteiger partial charge in [0.1, 0.15) is 5.82 Å². The minimum absolute atomic E-state index is 0.302. The number of hydrogen-bond acceptors (Lipinski definition) is 3. The summed E-state index contributed by atoms with van der Waals surface area (Å²) in [5.74, 6) is 1.44. The molecule has 23 heavy (non-hydrogen) atoms. The third-order valence-corrected chi connectivity index (χ3v) is 4.47. The van der Waals surface area contributed by atoms with Gasteiger partial charge >= 0.3 is 0 Å². The summed E-state index contributed by atoms with van der Waals surface area (Å²) in [7, 11) is 0. The quantitative estimate of drug-likeness (QED) is 0.708. The zero-order valence-corrected chi connectivity index (χ0v) is 15.2. The molecule has 1 N–H and O–H groups in total. The van der Waals surface area contributed by atoms with E-state index in [1.165, 1.54) is 11.1 Å². The third kappa shape index (κ3) is 3.72. The summed E-state index contributed by atoms with van der Waals surface area (Å²) in [4.78, 5) is 4.60. The highest BCUT2D eigenvalue weighted by Crippen LogP contribution is 2.18. The number of nitrogens with one attached hydrogen (secondary N) is 1. The van der Waals surface area contributed by atoms with E-state index in [2.05, 4.69) is 76.4 Å². The van der Waals surface area contributed by atoms with Crippen molar-refractivity contribution in [3.05, 3.63) is 58.3 Å². The van der Waals surface area contributed by atoms with Gasteiger partial charge in [-0.05, 0) is 52.4 Å². The molecule has 4 nitrogen and oxygen atoms in total. The summed E-state index contributed by atoms with van der Waals surface area (Å²) in [6, 6.07) is 11.1. The Bertz CT molecular complexity index is 792. The van der Waals surface area contributed by atoms with Gasteiger partial charge in [-0.2, -0.15) is 5.10 Å². The summed E-state index contributed by atoms with van der Waals surface area (Å²) < 4.78 is 2.66. The highest BCUT2D eigenvalue weighted by Gasteiger charge is 2.08. The van der Waals surface area contributed by atoms with E-state index in [4.69, 9.17) is 0 Å². The van der Waals surface area contributed by atoms with Crippen LogP contribution in [0, 0.1) is 0 Å². The second kappa shape index (κ2) is 6.71. The molecule has 0 saturated heterocycles. The van der Waals surface area contributed by atoms with Gasteiger partial charge in [0.25, 0.3) is 0 Å². The molecule has 0 aliphatic heterocycles. The molecular weight excluding hydrogens is 352 g/mol. The van der Waals surface area contributed by atoms with Crippen LogP contribution in [0.5, 0.6) is 0 Å². The van der Waals surface area contributed by atoms with Crippen LogP contribution in [0.3, 0.4) is 0 Å². The first kappa shape index (κ1) is 16.0. The average molecular weight is 373 g/mol. The molecular formula is C18H21BrN4. The van der Waals surface area contributed by atoms with Gasteiger partial charge in [-0.15, -0.1) is 0 Å². The number of nitrogens with zero attached hydrogens (tertiary/aromatic N) is 3. The topological polar surface area (TPSA) is 42.2 Å². The van der Waals surface area contributed by atoms with Crippen LogP contribution in [0.1, 0.15) is 37.8 Å². The lowest BCUT2D eigenvalue weighted by molar-refractivity contribution is 0.781. The zero-order chi connectivity index (χ0) is 16.4. The van der Waals surface area contributed by atoms with Crippen LogP contribution in [0.2, 0.25) is 0 Å². The predicted octanol–water partition coefficient (Wildman–Crippen LogP) is 4.66. The second-order valence-electron chi connectivity index (χ2n) is 6.22. The fourth-order valence-electron chi connectivity index (χ4n) is 2.62. The molecule has 0 fully saturated rings. The Kier molecular flexibility index (Phi) is 4.66. The molecule has 0 aliphatic rings. The highest BCUT2D eigenvalue weighted by atomic mass is 79.9. The minimum atomic E-state index is 0.302. The third-order valence-electron chi connectivity index (χ3n) is 3.91. The number of aromatic nitrogens is 3. The van der Waals surface area contributed by atoms with Crippen molar-refractivity contribution in [1.82, 2.24) is 14.6 Å². The molecule has 3 rings (SSSR count). The molecule has 120 valence electrons. The monoisotopic (exact) mass is 372 g/mol. The lowest BCUT2D eigenvalue weighted by atomic mass is 9.99. The van der Waals surface area contributed by atoms with Crippen molar-refractivity contribution in [2.45, 2.75) is 39.2 Å². The van der Waals surface area contributed by atoms with Gasteiger partial charge in [0.05, 0.1) is 10.7 Å². The van der Waals surface area contributed by atoms with Crippen molar-refractivity contribution >= 4 is 27.4 Å². The maximum atomic E-state index is 4.60. The second-order valence-corrected chi connectivity index (χ2v) is 7.07. The van der Waals surface area contributed by atoms with Crippen molar-refractivity contribution in [2.24, 2.45) is 0 Å². The van der Waals surface area contributed by atoms with E-state index in [-0.39, 0.29) is 0 Å². The standard InChI is InChI=1S/C18H21BrN4/c1-12(2)15-6-4-14(5-7-15)10-13(3)21-17-8-9-23-18(22-17)16(19)11-20-23/h4-9,11-13H,10H2,1-3H3,(H,21,22). The fourth-order valence-corrected chi connectivity index (χ4v) is 2.98. The Hall–Kier alpha value is -1.88. The maximum Gasteiger partial charge on any atom is 0.171 e. The Morgan fingerprint density at radius 3 is 2.57 bits per heavy atom. The van der Waals surface area contributed by atoms with Crippen LogP contribution < -0.4 is 5.32 Å². The predicted molar refractivity (Wildman–Crippen MR) is 98.0 cm³/mol. The zero-order valence-electron chi connectivity index (χ0n) is 13.6. The van der Waals surface area contributed by atoms with Crippen molar-refractivity contribution in [2.75, 3.05) is 5.32 Å². The molecule has 2 aromatic heterocycles. The number of hydrogen-bond donors (Lipinski definition) is 1. The van der Waals surface area contributed by atoms with Crippen LogP contribution in [-0.2, 0) is 6.42 Å². The molecule has 0 spiro atoms. The molecule has 1 unspecified atom stereocenters. The van der Waals surface area contributed by atoms with Gasteiger partial charge in [0.15, 0.2) is 5.65 Å². The molecule has 0 bridgehead atoms. The molecule has 0 amide bonds. The van der Waals surface area contributed by atoms with Crippen LogP contribution in [-0.4, -0.2) is 20.6 Å². The summed E-state index contributed by atoms with van der Waals surface area (Å²) in [5, 5.41) is 7.67. The number of halogens is 1. The Labute approximate surface area is 145 Å².